The van der Waals surface area contributed by atoms with E-state index in [1.165, 1.54) is 0 Å². The molecule has 0 heterocycles. The van der Waals surface area contributed by atoms with E-state index in [0.717, 1.165) is 11.1 Å². The van der Waals surface area contributed by atoms with Crippen LogP contribution in [0.1, 0.15) is 25.0 Å². The average molecular weight is 252 g/mol. The first-order chi connectivity index (χ1) is 7.99. The van der Waals surface area contributed by atoms with Gasteiger partial charge in [-0.05, 0) is 25.5 Å². The molecule has 0 aliphatic carbocycles. The zero-order chi connectivity index (χ0) is 12.8. The van der Waals surface area contributed by atoms with Gasteiger partial charge in [-0.15, -0.1) is 0 Å². The van der Waals surface area contributed by atoms with Crippen molar-refractivity contribution in [1.29, 1.82) is 0 Å². The molecule has 0 aliphatic rings. The number of hydrogen-bond donors (Lipinski definition) is 2. The highest BCUT2D eigenvalue weighted by Gasteiger charge is 2.04. The highest BCUT2D eigenvalue weighted by Crippen LogP contribution is 2.05. The number of thiocarbonyl (C=S) groups is 1. The van der Waals surface area contributed by atoms with Crippen LogP contribution >= 0.6 is 12.2 Å². The molecule has 0 unspecified atom stereocenters. The maximum Gasteiger partial charge on any atom is 0.407 e. The Morgan fingerprint density at radius 2 is 2.24 bits per heavy atom. The Labute approximate surface area is 106 Å². The van der Waals surface area contributed by atoms with Crippen molar-refractivity contribution in [2.75, 3.05) is 0 Å². The van der Waals surface area contributed by atoms with Gasteiger partial charge in [-0.2, -0.15) is 0 Å². The van der Waals surface area contributed by atoms with Crippen molar-refractivity contribution in [1.82, 2.24) is 5.32 Å². The van der Waals surface area contributed by atoms with Crippen LogP contribution in [0.3, 0.4) is 0 Å². The lowest BCUT2D eigenvalue weighted by molar-refractivity contribution is 0.115. The molecule has 0 aliphatic heterocycles. The average Bonchev–Trinajstić information content (AvgIpc) is 2.26. The molecule has 1 amide bonds. The van der Waals surface area contributed by atoms with Crippen LogP contribution in [0.25, 0.3) is 0 Å². The van der Waals surface area contributed by atoms with Gasteiger partial charge < -0.3 is 15.8 Å². The molecule has 1 aromatic carbocycles. The Morgan fingerprint density at radius 1 is 1.53 bits per heavy atom. The van der Waals surface area contributed by atoms with Gasteiger partial charge in [0.15, 0.2) is 0 Å². The second kappa shape index (κ2) is 6.20. The van der Waals surface area contributed by atoms with Crippen LogP contribution in [0.2, 0.25) is 0 Å². The van der Waals surface area contributed by atoms with Crippen molar-refractivity contribution < 1.29 is 9.53 Å². The summed E-state index contributed by atoms with van der Waals surface area (Å²) in [5, 5.41) is 2.65. The molecule has 0 saturated heterocycles. The summed E-state index contributed by atoms with van der Waals surface area (Å²) < 4.78 is 4.95. The summed E-state index contributed by atoms with van der Waals surface area (Å²) in [6, 6.07) is 7.41. The summed E-state index contributed by atoms with van der Waals surface area (Å²) >= 11 is 4.88. The normalized spacial score (nSPS) is 10.1. The van der Waals surface area contributed by atoms with E-state index in [1.54, 1.807) is 13.8 Å². The molecule has 17 heavy (non-hydrogen) atoms. The number of carbonyl (C=O) groups is 1. The maximum absolute atomic E-state index is 11.3. The fourth-order valence-corrected chi connectivity index (χ4v) is 1.39. The molecule has 92 valence electrons. The van der Waals surface area contributed by atoms with E-state index < -0.39 is 6.09 Å². The molecule has 1 aromatic rings. The van der Waals surface area contributed by atoms with Crippen LogP contribution in [0, 0.1) is 0 Å². The van der Waals surface area contributed by atoms with Gasteiger partial charge >= 0.3 is 6.09 Å². The molecule has 3 N–H and O–H groups in total. The quantitative estimate of drug-likeness (QED) is 0.804. The lowest BCUT2D eigenvalue weighted by Gasteiger charge is -2.10. The number of ether oxygens (including phenoxy) is 1. The molecule has 5 heteroatoms. The number of nitrogens with two attached hydrogens (primary N) is 1. The first-order valence-electron chi connectivity index (χ1n) is 5.32. The van der Waals surface area contributed by atoms with Crippen LogP contribution in [0.4, 0.5) is 4.79 Å². The minimum absolute atomic E-state index is 0.127. The summed E-state index contributed by atoms with van der Waals surface area (Å²) in [4.78, 5) is 11.6. The number of amides is 1. The summed E-state index contributed by atoms with van der Waals surface area (Å²) in [7, 11) is 0. The Hall–Kier alpha value is -1.62. The van der Waals surface area contributed by atoms with Crippen LogP contribution in [0.5, 0.6) is 0 Å². The minimum Gasteiger partial charge on any atom is -0.447 e. The standard InChI is InChI=1S/C12H16N2O2S/c1-8(2)16-12(15)14-7-9-4-3-5-10(6-9)11(13)17/h3-6,8H,7H2,1-2H3,(H2,13,17)(H,14,15). The Kier molecular flexibility index (Phi) is 4.90. The second-order valence-corrected chi connectivity index (χ2v) is 4.31. The molecule has 1 rings (SSSR count). The molecule has 0 saturated carbocycles. The fourth-order valence-electron chi connectivity index (χ4n) is 1.26. The van der Waals surface area contributed by atoms with Crippen molar-refractivity contribution in [2.24, 2.45) is 5.73 Å². The Bertz CT molecular complexity index is 419. The van der Waals surface area contributed by atoms with E-state index in [2.05, 4.69) is 5.32 Å². The van der Waals surface area contributed by atoms with Crippen molar-refractivity contribution in [3.05, 3.63) is 35.4 Å². The molecule has 0 atom stereocenters. The SMILES string of the molecule is CC(C)OC(=O)NCc1cccc(C(N)=S)c1. The van der Waals surface area contributed by atoms with Gasteiger partial charge in [0.1, 0.15) is 4.99 Å². The topological polar surface area (TPSA) is 64.3 Å². The Balaban J connectivity index is 2.54. The molecule has 0 spiro atoms. The predicted molar refractivity (Wildman–Crippen MR) is 70.8 cm³/mol. The molecule has 4 nitrogen and oxygen atoms in total. The van der Waals surface area contributed by atoms with Gasteiger partial charge in [0.25, 0.3) is 0 Å². The van der Waals surface area contributed by atoms with E-state index in [-0.39, 0.29) is 6.10 Å². The highest BCUT2D eigenvalue weighted by atomic mass is 32.1. The van der Waals surface area contributed by atoms with Crippen LogP contribution < -0.4 is 11.1 Å². The van der Waals surface area contributed by atoms with Gasteiger partial charge in [0.05, 0.1) is 6.10 Å². The fraction of sp³-hybridized carbons (Fsp3) is 0.333. The lowest BCUT2D eigenvalue weighted by atomic mass is 10.1. The third-order valence-electron chi connectivity index (χ3n) is 1.99. The monoisotopic (exact) mass is 252 g/mol. The summed E-state index contributed by atoms with van der Waals surface area (Å²) in [6.45, 7) is 3.99. The first-order valence-corrected chi connectivity index (χ1v) is 5.73. The van der Waals surface area contributed by atoms with Gasteiger partial charge in [0.2, 0.25) is 0 Å². The molecule has 0 fully saturated rings. The molecule has 0 aromatic heterocycles. The third-order valence-corrected chi connectivity index (χ3v) is 2.23. The van der Waals surface area contributed by atoms with Crippen molar-refractivity contribution in [3.8, 4) is 0 Å². The number of benzene rings is 1. The first kappa shape index (κ1) is 13.4. The van der Waals surface area contributed by atoms with E-state index >= 15 is 0 Å². The lowest BCUT2D eigenvalue weighted by Crippen LogP contribution is -2.26. The van der Waals surface area contributed by atoms with E-state index in [9.17, 15) is 4.79 Å². The third kappa shape index (κ3) is 4.82. The van der Waals surface area contributed by atoms with Crippen molar-refractivity contribution in [3.63, 3.8) is 0 Å². The van der Waals surface area contributed by atoms with Crippen molar-refractivity contribution >= 4 is 23.3 Å². The highest BCUT2D eigenvalue weighted by molar-refractivity contribution is 7.80. The second-order valence-electron chi connectivity index (χ2n) is 3.87. The molecule has 0 radical (unpaired) electrons. The summed E-state index contributed by atoms with van der Waals surface area (Å²) in [5.41, 5.74) is 7.24. The van der Waals surface area contributed by atoms with Crippen LogP contribution in [-0.2, 0) is 11.3 Å². The van der Waals surface area contributed by atoms with Gasteiger partial charge in [-0.1, -0.05) is 30.4 Å². The maximum atomic E-state index is 11.3. The number of carbonyl (C=O) groups excluding carboxylic acids is 1. The number of hydrogen-bond acceptors (Lipinski definition) is 3. The predicted octanol–water partition coefficient (Wildman–Crippen LogP) is 1.96. The smallest absolute Gasteiger partial charge is 0.407 e. The number of nitrogens with one attached hydrogen (secondary N) is 1. The van der Waals surface area contributed by atoms with E-state index in [0.29, 0.717) is 11.5 Å². The van der Waals surface area contributed by atoms with Gasteiger partial charge in [-0.3, -0.25) is 0 Å². The number of rotatable bonds is 4. The zero-order valence-corrected chi connectivity index (χ0v) is 10.7. The summed E-state index contributed by atoms with van der Waals surface area (Å²) in [6.07, 6.45) is -0.557. The van der Waals surface area contributed by atoms with E-state index in [1.807, 2.05) is 24.3 Å². The Morgan fingerprint density at radius 3 is 2.82 bits per heavy atom. The van der Waals surface area contributed by atoms with Gasteiger partial charge in [-0.25, -0.2) is 4.79 Å². The van der Waals surface area contributed by atoms with Crippen LogP contribution in [0.15, 0.2) is 24.3 Å². The molecule has 0 bridgehead atoms. The minimum atomic E-state index is -0.430. The van der Waals surface area contributed by atoms with Gasteiger partial charge in [0, 0.05) is 12.1 Å². The van der Waals surface area contributed by atoms with E-state index in [4.69, 9.17) is 22.7 Å². The molecular weight excluding hydrogens is 236 g/mol. The largest absolute Gasteiger partial charge is 0.447 e. The molecular formula is C12H16N2O2S. The summed E-state index contributed by atoms with van der Waals surface area (Å²) in [5.74, 6) is 0. The number of alkyl carbamates (subject to hydrolysis) is 1. The zero-order valence-electron chi connectivity index (χ0n) is 9.90. The van der Waals surface area contributed by atoms with Crippen LogP contribution in [-0.4, -0.2) is 17.2 Å². The van der Waals surface area contributed by atoms with Crippen molar-refractivity contribution in [2.45, 2.75) is 26.5 Å².